The molecule has 7 heteroatoms. The number of hydrogen-bond donors (Lipinski definition) is 1. The Morgan fingerprint density at radius 3 is 2.90 bits per heavy atom. The van der Waals surface area contributed by atoms with Crippen molar-refractivity contribution in [2.24, 2.45) is 0 Å². The van der Waals surface area contributed by atoms with Gasteiger partial charge in [-0.15, -0.1) is 11.3 Å². The van der Waals surface area contributed by atoms with E-state index in [2.05, 4.69) is 5.32 Å². The number of sulfone groups is 1. The number of hydrogen-bond acceptors (Lipinski definition) is 5. The van der Waals surface area contributed by atoms with Crippen LogP contribution in [0, 0.1) is 6.92 Å². The second-order valence-electron chi connectivity index (χ2n) is 5.95. The normalized spacial score (nSPS) is 31.4. The molecule has 1 amide bonds. The molecular formula is C14H19NO4S2. The van der Waals surface area contributed by atoms with Gasteiger partial charge in [0.15, 0.2) is 9.84 Å². The van der Waals surface area contributed by atoms with E-state index < -0.39 is 15.4 Å². The summed E-state index contributed by atoms with van der Waals surface area (Å²) in [5.41, 5.74) is -0.583. The predicted molar refractivity (Wildman–Crippen MR) is 81.5 cm³/mol. The second kappa shape index (κ2) is 5.37. The van der Waals surface area contributed by atoms with E-state index in [-0.39, 0.29) is 23.5 Å². The first-order chi connectivity index (χ1) is 9.88. The minimum atomic E-state index is -2.99. The molecule has 5 nitrogen and oxygen atoms in total. The Kier molecular flexibility index (Phi) is 3.83. The molecule has 2 fully saturated rings. The Labute approximate surface area is 128 Å². The predicted octanol–water partition coefficient (Wildman–Crippen LogP) is 1.52. The molecule has 2 atom stereocenters. The zero-order valence-electron chi connectivity index (χ0n) is 11.9. The lowest BCUT2D eigenvalue weighted by atomic mass is 9.90. The molecule has 2 aliphatic heterocycles. The van der Waals surface area contributed by atoms with Crippen molar-refractivity contribution in [3.05, 3.63) is 21.9 Å². The van der Waals surface area contributed by atoms with Crippen molar-refractivity contribution in [2.45, 2.75) is 37.8 Å². The summed E-state index contributed by atoms with van der Waals surface area (Å²) in [6, 6.07) is 3.74. The highest BCUT2D eigenvalue weighted by atomic mass is 32.2. The number of carbonyl (C=O) groups is 1. The Morgan fingerprint density at radius 1 is 1.48 bits per heavy atom. The SMILES string of the molecule is Cc1ccc(C(=O)NC2CCOC3(CCS(=O)(=O)C3)C2)s1. The molecule has 116 valence electrons. The highest BCUT2D eigenvalue weighted by molar-refractivity contribution is 7.91. The average molecular weight is 329 g/mol. The van der Waals surface area contributed by atoms with E-state index in [9.17, 15) is 13.2 Å². The van der Waals surface area contributed by atoms with E-state index in [1.165, 1.54) is 11.3 Å². The lowest BCUT2D eigenvalue weighted by molar-refractivity contribution is -0.0690. The molecule has 1 spiro atoms. The van der Waals surface area contributed by atoms with Crippen LogP contribution in [0.1, 0.15) is 33.8 Å². The van der Waals surface area contributed by atoms with Gasteiger partial charge in [0.25, 0.3) is 5.91 Å². The summed E-state index contributed by atoms with van der Waals surface area (Å²) in [4.78, 5) is 14.0. The van der Waals surface area contributed by atoms with Gasteiger partial charge >= 0.3 is 0 Å². The zero-order valence-corrected chi connectivity index (χ0v) is 13.6. The van der Waals surface area contributed by atoms with E-state index >= 15 is 0 Å². The third-order valence-corrected chi connectivity index (χ3v) is 6.94. The van der Waals surface area contributed by atoms with Crippen LogP contribution in [0.4, 0.5) is 0 Å². The van der Waals surface area contributed by atoms with E-state index in [1.807, 2.05) is 19.1 Å². The molecule has 0 bridgehead atoms. The molecule has 1 aromatic heterocycles. The smallest absolute Gasteiger partial charge is 0.261 e. The van der Waals surface area contributed by atoms with Gasteiger partial charge < -0.3 is 10.1 Å². The van der Waals surface area contributed by atoms with Gasteiger partial charge in [-0.2, -0.15) is 0 Å². The fourth-order valence-electron chi connectivity index (χ4n) is 3.13. The third kappa shape index (κ3) is 3.30. The number of thiophene rings is 1. The minimum Gasteiger partial charge on any atom is -0.374 e. The number of amides is 1. The van der Waals surface area contributed by atoms with Crippen molar-refractivity contribution in [2.75, 3.05) is 18.1 Å². The minimum absolute atomic E-state index is 0.0121. The van der Waals surface area contributed by atoms with Gasteiger partial charge in [-0.25, -0.2) is 8.42 Å². The van der Waals surface area contributed by atoms with Gasteiger partial charge in [-0.3, -0.25) is 4.79 Å². The zero-order chi connectivity index (χ0) is 15.1. The molecule has 3 rings (SSSR count). The lowest BCUT2D eigenvalue weighted by Gasteiger charge is -2.37. The first kappa shape index (κ1) is 15.0. The van der Waals surface area contributed by atoms with Gasteiger partial charge in [-0.05, 0) is 38.3 Å². The van der Waals surface area contributed by atoms with E-state index in [4.69, 9.17) is 4.74 Å². The van der Waals surface area contributed by atoms with Crippen molar-refractivity contribution in [3.63, 3.8) is 0 Å². The molecular weight excluding hydrogens is 310 g/mol. The van der Waals surface area contributed by atoms with Gasteiger partial charge in [-0.1, -0.05) is 0 Å². The van der Waals surface area contributed by atoms with Crippen molar-refractivity contribution in [3.8, 4) is 0 Å². The summed E-state index contributed by atoms with van der Waals surface area (Å²) >= 11 is 1.47. The number of rotatable bonds is 2. The topological polar surface area (TPSA) is 72.5 Å². The van der Waals surface area contributed by atoms with E-state index in [0.29, 0.717) is 24.3 Å². The van der Waals surface area contributed by atoms with Crippen LogP contribution in [-0.2, 0) is 14.6 Å². The van der Waals surface area contributed by atoms with Crippen molar-refractivity contribution < 1.29 is 17.9 Å². The van der Waals surface area contributed by atoms with Crippen LogP contribution in [0.5, 0.6) is 0 Å². The summed E-state index contributed by atoms with van der Waals surface area (Å²) in [5, 5.41) is 3.02. The Bertz CT molecular complexity index is 652. The first-order valence-corrected chi connectivity index (χ1v) is 9.73. The number of ether oxygens (including phenoxy) is 1. The quantitative estimate of drug-likeness (QED) is 0.893. The fourth-order valence-corrected chi connectivity index (χ4v) is 5.87. The summed E-state index contributed by atoms with van der Waals surface area (Å²) in [6.45, 7) is 2.47. The monoisotopic (exact) mass is 329 g/mol. The molecule has 2 saturated heterocycles. The maximum absolute atomic E-state index is 12.2. The van der Waals surface area contributed by atoms with Crippen LogP contribution in [0.25, 0.3) is 0 Å². The number of aryl methyl sites for hydroxylation is 1. The highest BCUT2D eigenvalue weighted by Crippen LogP contribution is 2.35. The van der Waals surface area contributed by atoms with Crippen LogP contribution >= 0.6 is 11.3 Å². The average Bonchev–Trinajstić information content (AvgIpc) is 2.94. The first-order valence-electron chi connectivity index (χ1n) is 7.09. The van der Waals surface area contributed by atoms with Gasteiger partial charge in [0, 0.05) is 17.5 Å². The molecule has 1 N–H and O–H groups in total. The fraction of sp³-hybridized carbons (Fsp3) is 0.643. The van der Waals surface area contributed by atoms with Gasteiger partial charge in [0.1, 0.15) is 0 Å². The summed E-state index contributed by atoms with van der Waals surface area (Å²) in [6.07, 6.45) is 1.86. The summed E-state index contributed by atoms with van der Waals surface area (Å²) in [7, 11) is -2.99. The molecule has 0 aliphatic carbocycles. The molecule has 0 aromatic carbocycles. The molecule has 0 saturated carbocycles. The maximum Gasteiger partial charge on any atom is 0.261 e. The molecule has 2 unspecified atom stereocenters. The number of nitrogens with one attached hydrogen (secondary N) is 1. The summed E-state index contributed by atoms with van der Waals surface area (Å²) in [5.74, 6) is 0.207. The lowest BCUT2D eigenvalue weighted by Crippen LogP contribution is -2.49. The van der Waals surface area contributed by atoms with Crippen LogP contribution in [0.2, 0.25) is 0 Å². The highest BCUT2D eigenvalue weighted by Gasteiger charge is 2.46. The van der Waals surface area contributed by atoms with Crippen LogP contribution in [0.15, 0.2) is 12.1 Å². The molecule has 1 aromatic rings. The van der Waals surface area contributed by atoms with E-state index in [0.717, 1.165) is 11.3 Å². The standard InChI is InChI=1S/C14H19NO4S2/c1-10-2-3-12(20-10)13(16)15-11-4-6-19-14(8-11)5-7-21(17,18)9-14/h2-3,11H,4-9H2,1H3,(H,15,16). The molecule has 2 aliphatic rings. The Hall–Kier alpha value is -0.920. The van der Waals surface area contributed by atoms with Crippen LogP contribution < -0.4 is 5.32 Å². The second-order valence-corrected chi connectivity index (χ2v) is 9.42. The molecule has 3 heterocycles. The Balaban J connectivity index is 1.66. The van der Waals surface area contributed by atoms with Crippen molar-refractivity contribution in [1.82, 2.24) is 5.32 Å². The Morgan fingerprint density at radius 2 is 2.29 bits per heavy atom. The van der Waals surface area contributed by atoms with Crippen LogP contribution in [0.3, 0.4) is 0 Å². The van der Waals surface area contributed by atoms with Crippen LogP contribution in [-0.4, -0.2) is 44.1 Å². The van der Waals surface area contributed by atoms with E-state index in [1.54, 1.807) is 0 Å². The summed E-state index contributed by atoms with van der Waals surface area (Å²) < 4.78 is 29.1. The maximum atomic E-state index is 12.2. The molecule has 0 radical (unpaired) electrons. The van der Waals surface area contributed by atoms with Crippen molar-refractivity contribution >= 4 is 27.1 Å². The van der Waals surface area contributed by atoms with Gasteiger partial charge in [0.2, 0.25) is 0 Å². The largest absolute Gasteiger partial charge is 0.374 e. The third-order valence-electron chi connectivity index (χ3n) is 4.14. The number of carbonyl (C=O) groups excluding carboxylic acids is 1. The van der Waals surface area contributed by atoms with Crippen molar-refractivity contribution in [1.29, 1.82) is 0 Å². The van der Waals surface area contributed by atoms with Gasteiger partial charge in [0.05, 0.1) is 22.0 Å². The molecule has 21 heavy (non-hydrogen) atoms.